The van der Waals surface area contributed by atoms with Crippen LogP contribution in [0.1, 0.15) is 17.4 Å². The van der Waals surface area contributed by atoms with Gasteiger partial charge in [0.05, 0.1) is 18.4 Å². The summed E-state index contributed by atoms with van der Waals surface area (Å²) in [6.45, 7) is 4.30. The molecule has 0 atom stereocenters. The highest BCUT2D eigenvalue weighted by Crippen LogP contribution is 2.08. The number of anilines is 1. The van der Waals surface area contributed by atoms with Crippen molar-refractivity contribution in [1.29, 1.82) is 0 Å². The van der Waals surface area contributed by atoms with E-state index in [0.717, 1.165) is 13.1 Å². The van der Waals surface area contributed by atoms with E-state index in [0.29, 0.717) is 17.9 Å². The molecule has 0 aliphatic heterocycles. The van der Waals surface area contributed by atoms with E-state index >= 15 is 0 Å². The average molecular weight is 276 g/mol. The third-order valence-corrected chi connectivity index (χ3v) is 2.92. The molecule has 2 aromatic rings. The number of carbonyl (C=O) groups excluding carboxylic acids is 1. The van der Waals surface area contributed by atoms with E-state index in [4.69, 9.17) is 0 Å². The van der Waals surface area contributed by atoms with Gasteiger partial charge < -0.3 is 10.2 Å². The minimum atomic E-state index is -0.170. The number of hydrogen-bond donors (Lipinski definition) is 1. The lowest BCUT2D eigenvalue weighted by molar-refractivity contribution is 0.101. The Morgan fingerprint density at radius 2 is 2.20 bits per heavy atom. The summed E-state index contributed by atoms with van der Waals surface area (Å²) in [5.41, 5.74) is 1.24. The quantitative estimate of drug-likeness (QED) is 0.851. The van der Waals surface area contributed by atoms with Gasteiger partial charge in [-0.25, -0.2) is 0 Å². The van der Waals surface area contributed by atoms with Gasteiger partial charge in [0.1, 0.15) is 5.69 Å². The van der Waals surface area contributed by atoms with Crippen LogP contribution in [0.4, 0.5) is 5.69 Å². The highest BCUT2D eigenvalue weighted by atomic mass is 16.2. The molecule has 0 aliphatic rings. The van der Waals surface area contributed by atoms with Crippen LogP contribution in [0, 0.1) is 0 Å². The number of aromatic nitrogens is 4. The highest BCUT2D eigenvalue weighted by Gasteiger charge is 2.12. The van der Waals surface area contributed by atoms with Gasteiger partial charge in [-0.3, -0.25) is 14.2 Å². The SMILES string of the molecule is CCn1nccc1C(=O)Nc1cnn(CCN(C)C)c1. The Morgan fingerprint density at radius 3 is 2.90 bits per heavy atom. The maximum atomic E-state index is 12.1. The summed E-state index contributed by atoms with van der Waals surface area (Å²) >= 11 is 0. The van der Waals surface area contributed by atoms with Gasteiger partial charge in [-0.2, -0.15) is 10.2 Å². The van der Waals surface area contributed by atoms with Crippen molar-refractivity contribution in [2.75, 3.05) is 26.0 Å². The van der Waals surface area contributed by atoms with E-state index in [1.54, 1.807) is 23.1 Å². The topological polar surface area (TPSA) is 68.0 Å². The van der Waals surface area contributed by atoms with E-state index in [1.165, 1.54) is 0 Å². The smallest absolute Gasteiger partial charge is 0.274 e. The van der Waals surface area contributed by atoms with Gasteiger partial charge in [0.15, 0.2) is 0 Å². The van der Waals surface area contributed by atoms with Crippen molar-refractivity contribution < 1.29 is 4.79 Å². The third kappa shape index (κ3) is 3.45. The summed E-state index contributed by atoms with van der Waals surface area (Å²) in [4.78, 5) is 14.2. The number of carbonyl (C=O) groups is 1. The minimum Gasteiger partial charge on any atom is -0.318 e. The van der Waals surface area contributed by atoms with Gasteiger partial charge in [-0.05, 0) is 27.1 Å². The lowest BCUT2D eigenvalue weighted by atomic mass is 10.4. The molecule has 1 N–H and O–H groups in total. The van der Waals surface area contributed by atoms with Crippen molar-refractivity contribution >= 4 is 11.6 Å². The number of rotatable bonds is 6. The Labute approximate surface area is 118 Å². The first-order valence-corrected chi connectivity index (χ1v) is 6.60. The highest BCUT2D eigenvalue weighted by molar-refractivity contribution is 6.02. The van der Waals surface area contributed by atoms with Crippen molar-refractivity contribution in [3.05, 3.63) is 30.4 Å². The third-order valence-electron chi connectivity index (χ3n) is 2.92. The summed E-state index contributed by atoms with van der Waals surface area (Å²) in [7, 11) is 4.02. The Kier molecular flexibility index (Phi) is 4.52. The number of amides is 1. The number of nitrogens with zero attached hydrogens (tertiary/aromatic N) is 5. The number of likely N-dealkylation sites (N-methyl/N-ethyl adjacent to an activating group) is 1. The van der Waals surface area contributed by atoms with Crippen LogP contribution in [0.3, 0.4) is 0 Å². The standard InChI is InChI=1S/C13H20N6O/c1-4-19-12(5-6-14-19)13(20)16-11-9-15-18(10-11)8-7-17(2)3/h5-6,9-10H,4,7-8H2,1-3H3,(H,16,20). The van der Waals surface area contributed by atoms with Crippen molar-refractivity contribution in [3.63, 3.8) is 0 Å². The first-order chi connectivity index (χ1) is 9.60. The zero-order valence-electron chi connectivity index (χ0n) is 12.1. The minimum absolute atomic E-state index is 0.170. The second-order valence-electron chi connectivity index (χ2n) is 4.78. The zero-order valence-corrected chi connectivity index (χ0v) is 12.1. The molecule has 0 saturated heterocycles. The molecular formula is C13H20N6O. The monoisotopic (exact) mass is 276 g/mol. The number of hydrogen-bond acceptors (Lipinski definition) is 4. The van der Waals surface area contributed by atoms with E-state index < -0.39 is 0 Å². The van der Waals surface area contributed by atoms with Crippen LogP contribution in [0.2, 0.25) is 0 Å². The Balaban J connectivity index is 1.98. The molecule has 0 aromatic carbocycles. The fourth-order valence-electron chi connectivity index (χ4n) is 1.83. The maximum absolute atomic E-state index is 12.1. The van der Waals surface area contributed by atoms with Crippen LogP contribution < -0.4 is 5.32 Å². The molecule has 0 saturated carbocycles. The van der Waals surface area contributed by atoms with Gasteiger partial charge in [-0.1, -0.05) is 0 Å². The van der Waals surface area contributed by atoms with Crippen LogP contribution in [-0.2, 0) is 13.1 Å². The molecule has 0 unspecified atom stereocenters. The molecule has 0 aliphatic carbocycles. The van der Waals surface area contributed by atoms with Crippen molar-refractivity contribution in [3.8, 4) is 0 Å². The van der Waals surface area contributed by atoms with E-state index in [1.807, 2.05) is 31.9 Å². The molecule has 2 rings (SSSR count). The lowest BCUT2D eigenvalue weighted by Gasteiger charge is -2.08. The predicted octanol–water partition coefficient (Wildman–Crippen LogP) is 0.913. The molecule has 0 radical (unpaired) electrons. The first-order valence-electron chi connectivity index (χ1n) is 6.60. The van der Waals surface area contributed by atoms with E-state index in [-0.39, 0.29) is 5.91 Å². The summed E-state index contributed by atoms with van der Waals surface area (Å²) in [6, 6.07) is 1.70. The molecule has 2 heterocycles. The van der Waals surface area contributed by atoms with Gasteiger partial charge in [-0.15, -0.1) is 0 Å². The Bertz CT molecular complexity index is 571. The molecule has 7 heteroatoms. The predicted molar refractivity (Wildman–Crippen MR) is 76.6 cm³/mol. The van der Waals surface area contributed by atoms with Crippen LogP contribution in [0.5, 0.6) is 0 Å². The first kappa shape index (κ1) is 14.3. The average Bonchev–Trinajstić information content (AvgIpc) is 3.04. The van der Waals surface area contributed by atoms with Gasteiger partial charge in [0.2, 0.25) is 0 Å². The van der Waals surface area contributed by atoms with Crippen molar-refractivity contribution in [2.24, 2.45) is 0 Å². The summed E-state index contributed by atoms with van der Waals surface area (Å²) in [5.74, 6) is -0.170. The molecule has 0 bridgehead atoms. The summed E-state index contributed by atoms with van der Waals surface area (Å²) in [5, 5.41) is 11.1. The van der Waals surface area contributed by atoms with Crippen LogP contribution >= 0.6 is 0 Å². The molecule has 0 fully saturated rings. The molecular weight excluding hydrogens is 256 g/mol. The molecule has 7 nitrogen and oxygen atoms in total. The van der Waals surface area contributed by atoms with Crippen LogP contribution in [0.15, 0.2) is 24.7 Å². The molecule has 108 valence electrons. The number of nitrogens with one attached hydrogen (secondary N) is 1. The normalized spacial score (nSPS) is 11.0. The van der Waals surface area contributed by atoms with Gasteiger partial charge in [0.25, 0.3) is 5.91 Å². The summed E-state index contributed by atoms with van der Waals surface area (Å²) < 4.78 is 3.47. The fraction of sp³-hybridized carbons (Fsp3) is 0.462. The van der Waals surface area contributed by atoms with E-state index in [2.05, 4.69) is 20.4 Å². The van der Waals surface area contributed by atoms with Crippen LogP contribution in [-0.4, -0.2) is 51.0 Å². The van der Waals surface area contributed by atoms with Crippen molar-refractivity contribution in [1.82, 2.24) is 24.5 Å². The number of aryl methyl sites for hydroxylation is 1. The second kappa shape index (κ2) is 6.33. The molecule has 1 amide bonds. The Hall–Kier alpha value is -2.15. The Morgan fingerprint density at radius 1 is 1.40 bits per heavy atom. The fourth-order valence-corrected chi connectivity index (χ4v) is 1.83. The van der Waals surface area contributed by atoms with E-state index in [9.17, 15) is 4.79 Å². The van der Waals surface area contributed by atoms with Crippen molar-refractivity contribution in [2.45, 2.75) is 20.0 Å². The second-order valence-corrected chi connectivity index (χ2v) is 4.78. The lowest BCUT2D eigenvalue weighted by Crippen LogP contribution is -2.18. The largest absolute Gasteiger partial charge is 0.318 e. The summed E-state index contributed by atoms with van der Waals surface area (Å²) in [6.07, 6.45) is 5.10. The molecule has 20 heavy (non-hydrogen) atoms. The van der Waals surface area contributed by atoms with Gasteiger partial charge >= 0.3 is 0 Å². The zero-order chi connectivity index (χ0) is 14.5. The molecule has 0 spiro atoms. The maximum Gasteiger partial charge on any atom is 0.274 e. The van der Waals surface area contributed by atoms with Gasteiger partial charge in [0, 0.05) is 25.5 Å². The molecule has 2 aromatic heterocycles. The van der Waals surface area contributed by atoms with Crippen LogP contribution in [0.25, 0.3) is 0 Å².